The minimum absolute atomic E-state index is 0. The molecular formula is C21H25BrN2O4S. The average molecular weight is 481 g/mol. The van der Waals surface area contributed by atoms with Crippen LogP contribution in [0.5, 0.6) is 0 Å². The highest BCUT2D eigenvalue weighted by Crippen LogP contribution is 2.25. The first kappa shape index (κ1) is 24.8. The van der Waals surface area contributed by atoms with Crippen molar-refractivity contribution in [3.8, 4) is 0 Å². The highest BCUT2D eigenvalue weighted by Gasteiger charge is 2.15. The Morgan fingerprint density at radius 1 is 1.03 bits per heavy atom. The molecule has 0 saturated carbocycles. The Balaban J connectivity index is 0.00000420. The van der Waals surface area contributed by atoms with Gasteiger partial charge in [0, 0.05) is 29.9 Å². The predicted molar refractivity (Wildman–Crippen MR) is 107 cm³/mol. The van der Waals surface area contributed by atoms with Gasteiger partial charge in [-0.15, -0.1) is 0 Å². The highest BCUT2D eigenvalue weighted by molar-refractivity contribution is 8.13. The zero-order valence-corrected chi connectivity index (χ0v) is 18.7. The second-order valence-electron chi connectivity index (χ2n) is 6.03. The van der Waals surface area contributed by atoms with Gasteiger partial charge in [-0.25, -0.2) is 4.57 Å². The molecule has 0 aliphatic rings. The van der Waals surface area contributed by atoms with Crippen LogP contribution < -0.4 is 26.9 Å². The molecule has 0 spiro atoms. The van der Waals surface area contributed by atoms with Crippen LogP contribution in [0.2, 0.25) is 0 Å². The first-order valence-corrected chi connectivity index (χ1v) is 10.1. The maximum Gasteiger partial charge on any atom is 0.325 e. The van der Waals surface area contributed by atoms with Gasteiger partial charge in [0.1, 0.15) is 13.1 Å². The zero-order chi connectivity index (χ0) is 20.2. The van der Waals surface area contributed by atoms with E-state index in [1.807, 2.05) is 30.6 Å². The summed E-state index contributed by atoms with van der Waals surface area (Å²) in [6.45, 7) is 2.64. The molecule has 1 amide bonds. The number of benzene rings is 1. The SMILES string of the molecule is CCOC(=O)CNC(=O)c1ccccc1SC(=O)CCCC[n+]1ccccc1.[Br-]. The summed E-state index contributed by atoms with van der Waals surface area (Å²) in [5.41, 5.74) is 0.380. The predicted octanol–water partition coefficient (Wildman–Crippen LogP) is -0.240. The number of ether oxygens (including phenoxy) is 1. The normalized spacial score (nSPS) is 9.97. The fourth-order valence-electron chi connectivity index (χ4n) is 2.52. The number of carbonyl (C=O) groups excluding carboxylic acids is 3. The quantitative estimate of drug-likeness (QED) is 0.220. The molecular weight excluding hydrogens is 456 g/mol. The van der Waals surface area contributed by atoms with E-state index >= 15 is 0 Å². The van der Waals surface area contributed by atoms with E-state index in [2.05, 4.69) is 9.88 Å². The van der Waals surface area contributed by atoms with Crippen molar-refractivity contribution >= 4 is 28.8 Å². The summed E-state index contributed by atoms with van der Waals surface area (Å²) in [7, 11) is 0. The number of nitrogens with one attached hydrogen (secondary N) is 1. The van der Waals surface area contributed by atoms with Gasteiger partial charge in [-0.2, -0.15) is 0 Å². The highest BCUT2D eigenvalue weighted by atomic mass is 79.9. The number of thioether (sulfide) groups is 1. The lowest BCUT2D eigenvalue weighted by Gasteiger charge is -2.09. The summed E-state index contributed by atoms with van der Waals surface area (Å²) in [6.07, 6.45) is 6.13. The minimum Gasteiger partial charge on any atom is -1.00 e. The maximum absolute atomic E-state index is 12.3. The van der Waals surface area contributed by atoms with E-state index in [0.29, 0.717) is 16.9 Å². The molecule has 0 aliphatic heterocycles. The molecule has 0 fully saturated rings. The van der Waals surface area contributed by atoms with Crippen molar-refractivity contribution in [3.05, 3.63) is 60.4 Å². The number of hydrogen-bond acceptors (Lipinski definition) is 5. The van der Waals surface area contributed by atoms with Crippen LogP contribution in [0.3, 0.4) is 0 Å². The summed E-state index contributed by atoms with van der Waals surface area (Å²) < 4.78 is 6.88. The molecule has 0 bridgehead atoms. The molecule has 1 N–H and O–H groups in total. The fraction of sp³-hybridized carbons (Fsp3) is 0.333. The van der Waals surface area contributed by atoms with Crippen molar-refractivity contribution in [3.63, 3.8) is 0 Å². The van der Waals surface area contributed by atoms with Gasteiger partial charge in [0.05, 0.1) is 12.2 Å². The largest absolute Gasteiger partial charge is 1.00 e. The number of halogens is 1. The number of pyridine rings is 1. The molecule has 2 aromatic rings. The van der Waals surface area contributed by atoms with Gasteiger partial charge < -0.3 is 27.0 Å². The van der Waals surface area contributed by atoms with E-state index in [-0.39, 0.29) is 35.2 Å². The lowest BCUT2D eigenvalue weighted by atomic mass is 10.2. The van der Waals surface area contributed by atoms with Crippen molar-refractivity contribution in [2.75, 3.05) is 13.2 Å². The number of hydrogen-bond donors (Lipinski definition) is 1. The molecule has 6 nitrogen and oxygen atoms in total. The molecule has 1 aromatic heterocycles. The second-order valence-corrected chi connectivity index (χ2v) is 7.13. The monoisotopic (exact) mass is 480 g/mol. The summed E-state index contributed by atoms with van der Waals surface area (Å²) in [4.78, 5) is 36.6. The van der Waals surface area contributed by atoms with Crippen LogP contribution in [0, 0.1) is 0 Å². The number of esters is 1. The third-order valence-corrected chi connectivity index (χ3v) is 4.89. The van der Waals surface area contributed by atoms with Crippen molar-refractivity contribution in [1.82, 2.24) is 5.32 Å². The smallest absolute Gasteiger partial charge is 0.325 e. The van der Waals surface area contributed by atoms with Crippen LogP contribution >= 0.6 is 11.8 Å². The van der Waals surface area contributed by atoms with Crippen molar-refractivity contribution < 1.29 is 40.7 Å². The lowest BCUT2D eigenvalue weighted by Crippen LogP contribution is -3.00. The number of aryl methyl sites for hydroxylation is 1. The lowest BCUT2D eigenvalue weighted by molar-refractivity contribution is -0.697. The Morgan fingerprint density at radius 2 is 1.76 bits per heavy atom. The summed E-state index contributed by atoms with van der Waals surface area (Å²) in [5, 5.41) is 2.54. The van der Waals surface area contributed by atoms with E-state index in [9.17, 15) is 14.4 Å². The number of rotatable bonds is 10. The van der Waals surface area contributed by atoms with Gasteiger partial charge in [-0.1, -0.05) is 30.0 Å². The van der Waals surface area contributed by atoms with Crippen molar-refractivity contribution in [2.24, 2.45) is 0 Å². The number of aromatic nitrogens is 1. The van der Waals surface area contributed by atoms with Crippen LogP contribution in [0.25, 0.3) is 0 Å². The molecule has 2 rings (SSSR count). The Labute approximate surface area is 185 Å². The van der Waals surface area contributed by atoms with Crippen molar-refractivity contribution in [2.45, 2.75) is 37.6 Å². The van der Waals surface area contributed by atoms with Crippen LogP contribution in [0.15, 0.2) is 59.8 Å². The molecule has 0 saturated heterocycles. The molecule has 0 atom stereocenters. The van der Waals surface area contributed by atoms with Crippen molar-refractivity contribution in [1.29, 1.82) is 0 Å². The Morgan fingerprint density at radius 3 is 2.48 bits per heavy atom. The Bertz CT molecular complexity index is 802. The van der Waals surface area contributed by atoms with Gasteiger partial charge in [0.2, 0.25) is 0 Å². The van der Waals surface area contributed by atoms with Crippen LogP contribution in [-0.2, 0) is 20.9 Å². The van der Waals surface area contributed by atoms with E-state index in [4.69, 9.17) is 4.74 Å². The van der Waals surface area contributed by atoms with E-state index in [1.165, 1.54) is 0 Å². The number of amides is 1. The van der Waals surface area contributed by atoms with Crippen LogP contribution in [0.4, 0.5) is 0 Å². The molecule has 1 heterocycles. The van der Waals surface area contributed by atoms with Gasteiger partial charge in [0.15, 0.2) is 17.5 Å². The van der Waals surface area contributed by atoms with E-state index in [0.717, 1.165) is 31.1 Å². The Hall–Kier alpha value is -2.19. The molecule has 29 heavy (non-hydrogen) atoms. The average Bonchev–Trinajstić information content (AvgIpc) is 2.71. The van der Waals surface area contributed by atoms with Crippen LogP contribution in [-0.4, -0.2) is 30.1 Å². The van der Waals surface area contributed by atoms with E-state index < -0.39 is 11.9 Å². The number of carbonyl (C=O) groups is 3. The van der Waals surface area contributed by atoms with Gasteiger partial charge in [0.25, 0.3) is 5.91 Å². The minimum atomic E-state index is -0.492. The third kappa shape index (κ3) is 9.23. The van der Waals surface area contributed by atoms with Gasteiger partial charge in [-0.3, -0.25) is 14.4 Å². The van der Waals surface area contributed by atoms with Crippen LogP contribution in [0.1, 0.15) is 36.5 Å². The molecule has 0 aliphatic carbocycles. The Kier molecular flexibility index (Phi) is 11.9. The zero-order valence-electron chi connectivity index (χ0n) is 16.3. The summed E-state index contributed by atoms with van der Waals surface area (Å²) >= 11 is 1.07. The van der Waals surface area contributed by atoms with E-state index in [1.54, 1.807) is 31.2 Å². The van der Waals surface area contributed by atoms with Gasteiger partial charge >= 0.3 is 5.97 Å². The van der Waals surface area contributed by atoms with Gasteiger partial charge in [-0.05, 0) is 25.5 Å². The number of nitrogens with zero attached hydrogens (tertiary/aromatic N) is 1. The summed E-state index contributed by atoms with van der Waals surface area (Å²) in [5.74, 6) is -0.891. The standard InChI is InChI=1S/C21H24N2O4S.BrH/c1-2-27-19(24)16-22-21(26)17-10-4-5-11-18(17)28-20(25)12-6-9-15-23-13-7-3-8-14-23;/h3-5,7-8,10-11,13-14H,2,6,9,12,15-16H2,1H3;1H. The first-order valence-electron chi connectivity index (χ1n) is 9.27. The topological polar surface area (TPSA) is 76.3 Å². The second kappa shape index (κ2) is 13.9. The third-order valence-electron chi connectivity index (χ3n) is 3.88. The number of unbranched alkanes of at least 4 members (excludes halogenated alkanes) is 1. The molecule has 0 radical (unpaired) electrons. The fourth-order valence-corrected chi connectivity index (χ4v) is 3.43. The molecule has 8 heteroatoms. The summed E-state index contributed by atoms with van der Waals surface area (Å²) in [6, 6.07) is 12.8. The molecule has 0 unspecified atom stereocenters. The maximum atomic E-state index is 12.3. The first-order chi connectivity index (χ1) is 13.6. The molecule has 1 aromatic carbocycles. The molecule has 156 valence electrons.